The molecule has 0 heterocycles. The van der Waals surface area contributed by atoms with Gasteiger partial charge >= 0.3 is 0 Å². The minimum absolute atomic E-state index is 0.458. The Morgan fingerprint density at radius 2 is 0.885 bits per heavy atom. The SMILES string of the molecule is Cc1ccc(Nc2cc3c4ccc(-c5ccc(C(C)C)cc5)c(-c5ccc(C(C)C)cc5)c4c(Nc4ccc(C)cc4)cc3c3ccccc23)cc1. The number of hydrogen-bond donors (Lipinski definition) is 2. The van der Waals surface area contributed by atoms with Crippen LogP contribution in [-0.2, 0) is 0 Å². The lowest BCUT2D eigenvalue weighted by atomic mass is 9.85. The second-order valence-electron chi connectivity index (χ2n) is 14.9. The van der Waals surface area contributed by atoms with Crippen molar-refractivity contribution < 1.29 is 0 Å². The van der Waals surface area contributed by atoms with Gasteiger partial charge in [-0.15, -0.1) is 0 Å². The van der Waals surface area contributed by atoms with E-state index >= 15 is 0 Å². The highest BCUT2D eigenvalue weighted by Gasteiger charge is 2.20. The minimum atomic E-state index is 0.458. The molecule has 0 aliphatic rings. The molecule has 8 rings (SSSR count). The standard InChI is InChI=1S/C50H46N2/c1-31(2)35-15-19-37(20-16-35)41-27-28-44-46-29-47(51-39-23-11-33(5)12-24-39)43-10-8-7-9-42(43)45(46)30-48(52-40-25-13-34(6)14-26-40)50(44)49(41)38-21-17-36(18-22-38)32(3)4/h7-32,51-52H,1-6H3. The van der Waals surface area contributed by atoms with Gasteiger partial charge in [0.25, 0.3) is 0 Å². The van der Waals surface area contributed by atoms with Crippen LogP contribution in [0.3, 0.4) is 0 Å². The van der Waals surface area contributed by atoms with Crippen LogP contribution >= 0.6 is 0 Å². The summed E-state index contributed by atoms with van der Waals surface area (Å²) in [6.07, 6.45) is 0. The monoisotopic (exact) mass is 674 g/mol. The summed E-state index contributed by atoms with van der Waals surface area (Å²) in [5.41, 5.74) is 14.4. The maximum Gasteiger partial charge on any atom is 0.0477 e. The summed E-state index contributed by atoms with van der Waals surface area (Å²) in [5.74, 6) is 0.933. The minimum Gasteiger partial charge on any atom is -0.355 e. The highest BCUT2D eigenvalue weighted by Crippen LogP contribution is 2.47. The van der Waals surface area contributed by atoms with Gasteiger partial charge in [-0.3, -0.25) is 0 Å². The van der Waals surface area contributed by atoms with E-state index in [1.54, 1.807) is 0 Å². The molecule has 0 unspecified atom stereocenters. The fourth-order valence-electron chi connectivity index (χ4n) is 7.51. The zero-order chi connectivity index (χ0) is 35.9. The highest BCUT2D eigenvalue weighted by atomic mass is 14.9. The molecule has 0 amide bonds. The molecule has 0 bridgehead atoms. The van der Waals surface area contributed by atoms with E-state index in [2.05, 4.69) is 198 Å². The molecular formula is C50H46N2. The second kappa shape index (κ2) is 13.7. The Labute approximate surface area is 308 Å². The molecule has 52 heavy (non-hydrogen) atoms. The van der Waals surface area contributed by atoms with E-state index in [9.17, 15) is 0 Å². The molecule has 8 aromatic carbocycles. The molecule has 0 aliphatic heterocycles. The summed E-state index contributed by atoms with van der Waals surface area (Å²) in [5, 5.41) is 15.0. The molecule has 0 atom stereocenters. The van der Waals surface area contributed by atoms with E-state index in [1.807, 2.05) is 0 Å². The van der Waals surface area contributed by atoms with Crippen LogP contribution in [0, 0.1) is 13.8 Å². The van der Waals surface area contributed by atoms with Crippen molar-refractivity contribution in [1.82, 2.24) is 0 Å². The van der Waals surface area contributed by atoms with Crippen LogP contribution in [0.5, 0.6) is 0 Å². The molecule has 0 fully saturated rings. The van der Waals surface area contributed by atoms with Crippen molar-refractivity contribution in [2.45, 2.75) is 53.4 Å². The molecule has 0 spiro atoms. The molecule has 0 saturated carbocycles. The summed E-state index contributed by atoms with van der Waals surface area (Å²) >= 11 is 0. The third-order valence-corrected chi connectivity index (χ3v) is 10.6. The summed E-state index contributed by atoms with van der Waals surface area (Å²) in [6.45, 7) is 13.3. The fourth-order valence-corrected chi connectivity index (χ4v) is 7.51. The van der Waals surface area contributed by atoms with Gasteiger partial charge in [0.1, 0.15) is 0 Å². The Morgan fingerprint density at radius 3 is 1.44 bits per heavy atom. The van der Waals surface area contributed by atoms with Gasteiger partial charge in [-0.25, -0.2) is 0 Å². The summed E-state index contributed by atoms with van der Waals surface area (Å²) in [6, 6.07) is 54.0. The first-order valence-electron chi connectivity index (χ1n) is 18.6. The Bertz CT molecular complexity index is 2540. The van der Waals surface area contributed by atoms with Gasteiger partial charge in [-0.05, 0) is 117 Å². The van der Waals surface area contributed by atoms with E-state index < -0.39 is 0 Å². The molecule has 2 N–H and O–H groups in total. The Morgan fingerprint density at radius 1 is 0.404 bits per heavy atom. The van der Waals surface area contributed by atoms with Gasteiger partial charge in [0, 0.05) is 33.5 Å². The zero-order valence-electron chi connectivity index (χ0n) is 31.0. The number of fused-ring (bicyclic) bond motifs is 5. The summed E-state index contributed by atoms with van der Waals surface area (Å²) in [4.78, 5) is 0. The normalized spacial score (nSPS) is 11.6. The van der Waals surface area contributed by atoms with Crippen molar-refractivity contribution in [2.75, 3.05) is 10.6 Å². The van der Waals surface area contributed by atoms with E-state index in [4.69, 9.17) is 0 Å². The van der Waals surface area contributed by atoms with Crippen molar-refractivity contribution in [3.05, 3.63) is 168 Å². The Hall–Kier alpha value is -5.86. The first kappa shape index (κ1) is 33.3. The van der Waals surface area contributed by atoms with Crippen molar-refractivity contribution in [3.8, 4) is 22.3 Å². The second-order valence-corrected chi connectivity index (χ2v) is 14.9. The summed E-state index contributed by atoms with van der Waals surface area (Å²) < 4.78 is 0. The number of rotatable bonds is 8. The topological polar surface area (TPSA) is 24.1 Å². The smallest absolute Gasteiger partial charge is 0.0477 e. The predicted molar refractivity (Wildman–Crippen MR) is 227 cm³/mol. The largest absolute Gasteiger partial charge is 0.355 e. The van der Waals surface area contributed by atoms with Crippen molar-refractivity contribution in [3.63, 3.8) is 0 Å². The molecule has 0 aliphatic carbocycles. The van der Waals surface area contributed by atoms with Gasteiger partial charge in [0.05, 0.1) is 0 Å². The quantitative estimate of drug-likeness (QED) is 0.157. The van der Waals surface area contributed by atoms with Crippen molar-refractivity contribution in [1.29, 1.82) is 0 Å². The first-order valence-corrected chi connectivity index (χ1v) is 18.6. The van der Waals surface area contributed by atoms with Crippen LogP contribution in [-0.4, -0.2) is 0 Å². The van der Waals surface area contributed by atoms with Crippen LogP contribution in [0.2, 0.25) is 0 Å². The Kier molecular flexibility index (Phi) is 8.77. The highest BCUT2D eigenvalue weighted by molar-refractivity contribution is 6.27. The van der Waals surface area contributed by atoms with E-state index in [0.717, 1.165) is 22.7 Å². The lowest BCUT2D eigenvalue weighted by Gasteiger charge is -2.22. The van der Waals surface area contributed by atoms with Gasteiger partial charge in [-0.2, -0.15) is 0 Å². The lowest BCUT2D eigenvalue weighted by Crippen LogP contribution is -1.98. The molecule has 0 radical (unpaired) electrons. The number of anilines is 4. The molecule has 2 heteroatoms. The lowest BCUT2D eigenvalue weighted by molar-refractivity contribution is 0.867. The van der Waals surface area contributed by atoms with Gasteiger partial charge in [0.2, 0.25) is 0 Å². The maximum atomic E-state index is 3.92. The van der Waals surface area contributed by atoms with E-state index in [1.165, 1.54) is 76.8 Å². The molecular weight excluding hydrogens is 629 g/mol. The maximum absolute atomic E-state index is 3.92. The van der Waals surface area contributed by atoms with Crippen LogP contribution in [0.1, 0.15) is 61.8 Å². The van der Waals surface area contributed by atoms with E-state index in [0.29, 0.717) is 11.8 Å². The molecule has 2 nitrogen and oxygen atoms in total. The van der Waals surface area contributed by atoms with Crippen LogP contribution in [0.4, 0.5) is 22.7 Å². The average molecular weight is 675 g/mol. The molecule has 0 saturated heterocycles. The molecule has 0 aromatic heterocycles. The van der Waals surface area contributed by atoms with Gasteiger partial charge in [-0.1, -0.05) is 148 Å². The number of nitrogens with one attached hydrogen (secondary N) is 2. The predicted octanol–water partition coefficient (Wildman–Crippen LogP) is 14.8. The van der Waals surface area contributed by atoms with Crippen molar-refractivity contribution in [2.24, 2.45) is 0 Å². The van der Waals surface area contributed by atoms with Crippen molar-refractivity contribution >= 4 is 55.1 Å². The number of aryl methyl sites for hydroxylation is 2. The van der Waals surface area contributed by atoms with Crippen LogP contribution in [0.15, 0.2) is 146 Å². The molecule has 256 valence electrons. The van der Waals surface area contributed by atoms with E-state index in [-0.39, 0.29) is 0 Å². The number of benzene rings is 8. The van der Waals surface area contributed by atoms with Gasteiger partial charge in [0.15, 0.2) is 0 Å². The zero-order valence-corrected chi connectivity index (χ0v) is 31.0. The van der Waals surface area contributed by atoms with Crippen LogP contribution in [0.25, 0.3) is 54.6 Å². The Balaban J connectivity index is 1.47. The fraction of sp³-hybridized carbons (Fsp3) is 0.160. The molecule has 8 aromatic rings. The number of hydrogen-bond acceptors (Lipinski definition) is 2. The average Bonchev–Trinajstić information content (AvgIpc) is 3.16. The first-order chi connectivity index (χ1) is 25.2. The third kappa shape index (κ3) is 6.31. The van der Waals surface area contributed by atoms with Crippen LogP contribution < -0.4 is 10.6 Å². The third-order valence-electron chi connectivity index (χ3n) is 10.6. The van der Waals surface area contributed by atoms with Gasteiger partial charge < -0.3 is 10.6 Å². The summed E-state index contributed by atoms with van der Waals surface area (Å²) in [7, 11) is 0.